The highest BCUT2D eigenvalue weighted by Crippen LogP contribution is 2.00. The van der Waals surface area contributed by atoms with Crippen LogP contribution in [0.3, 0.4) is 0 Å². The number of aliphatic carboxylic acids is 1. The minimum absolute atomic E-state index is 0.155. The molecule has 0 aliphatic heterocycles. The lowest BCUT2D eigenvalue weighted by atomic mass is 10.2. The number of hydrogen-bond donors (Lipinski definition) is 1. The van der Waals surface area contributed by atoms with Gasteiger partial charge in [-0.15, -0.1) is 0 Å². The highest BCUT2D eigenvalue weighted by Gasteiger charge is 2.17. The summed E-state index contributed by atoms with van der Waals surface area (Å²) in [6, 6.07) is 0. The molecule has 0 aliphatic carbocycles. The Morgan fingerprint density at radius 3 is 2.40 bits per heavy atom. The van der Waals surface area contributed by atoms with Gasteiger partial charge in [-0.1, -0.05) is 13.8 Å². The third-order valence-corrected chi connectivity index (χ3v) is 2.06. The van der Waals surface area contributed by atoms with Gasteiger partial charge in [-0.05, 0) is 13.5 Å². The molecule has 5 heteroatoms. The van der Waals surface area contributed by atoms with Crippen molar-refractivity contribution in [3.63, 3.8) is 0 Å². The van der Waals surface area contributed by atoms with Crippen LogP contribution in [0, 0.1) is 5.92 Å². The quantitative estimate of drug-likeness (QED) is 0.632. The van der Waals surface area contributed by atoms with Crippen LogP contribution in [0.15, 0.2) is 0 Å². The lowest BCUT2D eigenvalue weighted by molar-refractivity contribution is -0.147. The van der Waals surface area contributed by atoms with E-state index in [1.165, 1.54) is 0 Å². The van der Waals surface area contributed by atoms with Crippen molar-refractivity contribution in [1.29, 1.82) is 0 Å². The first-order chi connectivity index (χ1) is 7.01. The van der Waals surface area contributed by atoms with Crippen molar-refractivity contribution >= 4 is 11.9 Å². The zero-order valence-corrected chi connectivity index (χ0v) is 9.52. The van der Waals surface area contributed by atoms with Crippen molar-refractivity contribution in [3.05, 3.63) is 0 Å². The highest BCUT2D eigenvalue weighted by atomic mass is 16.5. The Kier molecular flexibility index (Phi) is 6.70. The summed E-state index contributed by atoms with van der Waals surface area (Å²) in [5.41, 5.74) is 0. The highest BCUT2D eigenvalue weighted by molar-refractivity contribution is 5.72. The van der Waals surface area contributed by atoms with Gasteiger partial charge >= 0.3 is 11.9 Å². The van der Waals surface area contributed by atoms with E-state index >= 15 is 0 Å². The molecule has 1 atom stereocenters. The van der Waals surface area contributed by atoms with E-state index in [4.69, 9.17) is 9.84 Å². The molecule has 0 radical (unpaired) electrons. The Bertz CT molecular complexity index is 217. The van der Waals surface area contributed by atoms with E-state index in [1.54, 1.807) is 18.7 Å². The number of rotatable bonds is 7. The minimum Gasteiger partial charge on any atom is -0.481 e. The molecule has 1 unspecified atom stereocenters. The molecule has 1 N–H and O–H groups in total. The number of nitrogens with zero attached hydrogens (tertiary/aromatic N) is 1. The maximum absolute atomic E-state index is 11.2. The van der Waals surface area contributed by atoms with Gasteiger partial charge < -0.3 is 9.84 Å². The summed E-state index contributed by atoms with van der Waals surface area (Å²) < 4.78 is 4.79. The molecule has 0 bridgehead atoms. The third kappa shape index (κ3) is 6.06. The average molecular weight is 217 g/mol. The Balaban J connectivity index is 4.02. The van der Waals surface area contributed by atoms with Crippen molar-refractivity contribution in [2.24, 2.45) is 5.92 Å². The number of esters is 1. The number of likely N-dealkylation sites (N-methyl/N-ethyl adjacent to an activating group) is 1. The molecule has 0 spiro atoms. The maximum Gasteiger partial charge on any atom is 0.320 e. The molecule has 0 aliphatic rings. The summed E-state index contributed by atoms with van der Waals surface area (Å²) in [5.74, 6) is -1.63. The second kappa shape index (κ2) is 7.23. The van der Waals surface area contributed by atoms with Crippen LogP contribution in [0.5, 0.6) is 0 Å². The summed E-state index contributed by atoms with van der Waals surface area (Å²) >= 11 is 0. The normalized spacial score (nSPS) is 12.5. The molecule has 0 saturated carbocycles. The molecule has 0 aromatic rings. The van der Waals surface area contributed by atoms with Crippen molar-refractivity contribution < 1.29 is 19.4 Å². The minimum atomic E-state index is -0.850. The molecule has 0 amide bonds. The first kappa shape index (κ1) is 13.9. The van der Waals surface area contributed by atoms with Crippen molar-refractivity contribution in [3.8, 4) is 0 Å². The van der Waals surface area contributed by atoms with E-state index < -0.39 is 11.9 Å². The van der Waals surface area contributed by atoms with Crippen molar-refractivity contribution in [2.45, 2.75) is 20.8 Å². The molecule has 0 heterocycles. The van der Waals surface area contributed by atoms with Crippen LogP contribution >= 0.6 is 0 Å². The topological polar surface area (TPSA) is 66.8 Å². The van der Waals surface area contributed by atoms with E-state index in [-0.39, 0.29) is 12.5 Å². The van der Waals surface area contributed by atoms with Gasteiger partial charge in [0, 0.05) is 6.54 Å². The molecule has 15 heavy (non-hydrogen) atoms. The van der Waals surface area contributed by atoms with Gasteiger partial charge in [0.05, 0.1) is 19.1 Å². The predicted octanol–water partition coefficient (Wildman–Crippen LogP) is 0.592. The summed E-state index contributed by atoms with van der Waals surface area (Å²) in [5, 5.41) is 8.72. The van der Waals surface area contributed by atoms with Crippen LogP contribution in [0.1, 0.15) is 20.8 Å². The van der Waals surface area contributed by atoms with Crippen LogP contribution in [0.4, 0.5) is 0 Å². The maximum atomic E-state index is 11.2. The second-order valence-corrected chi connectivity index (χ2v) is 3.37. The van der Waals surface area contributed by atoms with Gasteiger partial charge in [0.15, 0.2) is 0 Å². The molecule has 88 valence electrons. The first-order valence-corrected chi connectivity index (χ1v) is 5.12. The summed E-state index contributed by atoms with van der Waals surface area (Å²) in [6.45, 7) is 6.76. The fourth-order valence-corrected chi connectivity index (χ4v) is 1.16. The standard InChI is InChI=1S/C10H19NO4/c1-4-11(6-8(3)10(13)14)7-9(12)15-5-2/h8H,4-7H2,1-3H3,(H,13,14). The molecule has 0 aromatic carbocycles. The van der Waals surface area contributed by atoms with Crippen LogP contribution in [-0.2, 0) is 14.3 Å². The van der Waals surface area contributed by atoms with E-state index in [1.807, 2.05) is 6.92 Å². The Morgan fingerprint density at radius 1 is 1.40 bits per heavy atom. The van der Waals surface area contributed by atoms with E-state index in [0.717, 1.165) is 0 Å². The van der Waals surface area contributed by atoms with E-state index in [0.29, 0.717) is 19.7 Å². The third-order valence-electron chi connectivity index (χ3n) is 2.06. The van der Waals surface area contributed by atoms with Gasteiger partial charge in [0.1, 0.15) is 0 Å². The fourth-order valence-electron chi connectivity index (χ4n) is 1.16. The van der Waals surface area contributed by atoms with Crippen LogP contribution in [-0.4, -0.2) is 48.2 Å². The van der Waals surface area contributed by atoms with Gasteiger partial charge in [-0.3, -0.25) is 14.5 Å². The second-order valence-electron chi connectivity index (χ2n) is 3.37. The summed E-state index contributed by atoms with van der Waals surface area (Å²) in [7, 11) is 0. The summed E-state index contributed by atoms with van der Waals surface area (Å²) in [6.07, 6.45) is 0. The van der Waals surface area contributed by atoms with Crippen LogP contribution < -0.4 is 0 Å². The Morgan fingerprint density at radius 2 is 2.00 bits per heavy atom. The molecule has 0 fully saturated rings. The number of carboxylic acid groups (broad SMARTS) is 1. The van der Waals surface area contributed by atoms with Crippen LogP contribution in [0.25, 0.3) is 0 Å². The largest absolute Gasteiger partial charge is 0.481 e. The zero-order valence-electron chi connectivity index (χ0n) is 9.52. The first-order valence-electron chi connectivity index (χ1n) is 5.12. The lowest BCUT2D eigenvalue weighted by Gasteiger charge is -2.21. The van der Waals surface area contributed by atoms with E-state index in [9.17, 15) is 9.59 Å². The van der Waals surface area contributed by atoms with Crippen molar-refractivity contribution in [1.82, 2.24) is 4.90 Å². The smallest absolute Gasteiger partial charge is 0.320 e. The fraction of sp³-hybridized carbons (Fsp3) is 0.800. The molecule has 0 aromatic heterocycles. The lowest BCUT2D eigenvalue weighted by Crippen LogP contribution is -2.36. The SMILES string of the molecule is CCOC(=O)CN(CC)CC(C)C(=O)O. The number of hydrogen-bond acceptors (Lipinski definition) is 4. The molecule has 5 nitrogen and oxygen atoms in total. The van der Waals surface area contributed by atoms with E-state index in [2.05, 4.69) is 0 Å². The number of carbonyl (C=O) groups excluding carboxylic acids is 1. The number of carbonyl (C=O) groups is 2. The van der Waals surface area contributed by atoms with Gasteiger partial charge in [-0.2, -0.15) is 0 Å². The predicted molar refractivity (Wildman–Crippen MR) is 55.5 cm³/mol. The van der Waals surface area contributed by atoms with Gasteiger partial charge in [-0.25, -0.2) is 0 Å². The number of ether oxygens (including phenoxy) is 1. The monoisotopic (exact) mass is 217 g/mol. The molecule has 0 rings (SSSR count). The van der Waals surface area contributed by atoms with Crippen molar-refractivity contribution in [2.75, 3.05) is 26.2 Å². The number of carboxylic acids is 1. The Labute approximate surface area is 90.0 Å². The van der Waals surface area contributed by atoms with Gasteiger partial charge in [0.25, 0.3) is 0 Å². The average Bonchev–Trinajstić information content (AvgIpc) is 2.16. The zero-order chi connectivity index (χ0) is 11.8. The Hall–Kier alpha value is -1.10. The summed E-state index contributed by atoms with van der Waals surface area (Å²) in [4.78, 5) is 23.5. The molecular formula is C10H19NO4. The van der Waals surface area contributed by atoms with Crippen LogP contribution in [0.2, 0.25) is 0 Å². The molecule has 0 saturated heterocycles. The molecular weight excluding hydrogens is 198 g/mol. The van der Waals surface area contributed by atoms with Gasteiger partial charge in [0.2, 0.25) is 0 Å².